The van der Waals surface area contributed by atoms with Crippen LogP contribution in [0.3, 0.4) is 0 Å². The summed E-state index contributed by atoms with van der Waals surface area (Å²) in [6.45, 7) is 5.15. The first-order chi connectivity index (χ1) is 15.3. The van der Waals surface area contributed by atoms with Gasteiger partial charge in [0.15, 0.2) is 0 Å². The predicted octanol–water partition coefficient (Wildman–Crippen LogP) is 3.78. The van der Waals surface area contributed by atoms with Crippen molar-refractivity contribution in [1.82, 2.24) is 20.7 Å². The van der Waals surface area contributed by atoms with Gasteiger partial charge in [-0.2, -0.15) is 0 Å². The van der Waals surface area contributed by atoms with E-state index in [-0.39, 0.29) is 12.3 Å². The molecule has 7 nitrogen and oxygen atoms in total. The van der Waals surface area contributed by atoms with Crippen LogP contribution >= 0.6 is 11.6 Å². The minimum Gasteiger partial charge on any atom is -0.349 e. The number of nitrogens with zero attached hydrogens (tertiary/aromatic N) is 1. The van der Waals surface area contributed by atoms with E-state index in [2.05, 4.69) is 16.2 Å². The number of carbonyl (C=O) groups excluding carboxylic acids is 3. The average molecular weight is 453 g/mol. The molecule has 166 valence electrons. The summed E-state index contributed by atoms with van der Waals surface area (Å²) in [7, 11) is 0. The Hall–Kier alpha value is -3.58. The molecule has 0 aliphatic heterocycles. The molecule has 1 heterocycles. The number of rotatable bonds is 6. The highest BCUT2D eigenvalue weighted by Crippen LogP contribution is 2.21. The second-order valence-corrected chi connectivity index (χ2v) is 7.90. The van der Waals surface area contributed by atoms with Crippen molar-refractivity contribution in [1.29, 1.82) is 0 Å². The molecule has 0 spiro atoms. The monoisotopic (exact) mass is 452 g/mol. The third-order valence-corrected chi connectivity index (χ3v) is 5.30. The lowest BCUT2D eigenvalue weighted by Crippen LogP contribution is -2.43. The summed E-state index contributed by atoms with van der Waals surface area (Å²) in [5.74, 6) is -1.13. The van der Waals surface area contributed by atoms with Gasteiger partial charge in [0.2, 0.25) is 11.8 Å². The van der Waals surface area contributed by atoms with Crippen LogP contribution in [0.15, 0.2) is 60.7 Å². The molecule has 0 bridgehead atoms. The van der Waals surface area contributed by atoms with Gasteiger partial charge in [0.05, 0.1) is 18.0 Å². The minimum atomic E-state index is -0.551. The lowest BCUT2D eigenvalue weighted by atomic mass is 10.0. The number of benzene rings is 2. The Morgan fingerprint density at radius 1 is 0.969 bits per heavy atom. The maximum absolute atomic E-state index is 12.7. The Labute approximate surface area is 191 Å². The van der Waals surface area contributed by atoms with E-state index < -0.39 is 17.9 Å². The highest BCUT2D eigenvalue weighted by Gasteiger charge is 2.20. The maximum atomic E-state index is 12.7. The molecule has 0 saturated carbocycles. The first-order valence-corrected chi connectivity index (χ1v) is 10.5. The molecule has 0 fully saturated rings. The fourth-order valence-electron chi connectivity index (χ4n) is 3.59. The molecule has 8 heteroatoms. The predicted molar refractivity (Wildman–Crippen MR) is 123 cm³/mol. The van der Waals surface area contributed by atoms with Crippen molar-refractivity contribution in [3.63, 3.8) is 0 Å². The summed E-state index contributed by atoms with van der Waals surface area (Å²) in [4.78, 5) is 36.8. The smallest absolute Gasteiger partial charge is 0.271 e. The quantitative estimate of drug-likeness (QED) is 0.497. The van der Waals surface area contributed by atoms with Crippen molar-refractivity contribution < 1.29 is 14.4 Å². The number of halogens is 1. The molecule has 3 rings (SSSR count). The van der Waals surface area contributed by atoms with Gasteiger partial charge in [-0.05, 0) is 49.7 Å². The standard InChI is InChI=1S/C24H25ClN4O3/c1-15-13-21(16(2)29(15)20-7-5-4-6-8-20)24(32)28-27-23(31)14-22(26-17(3)30)18-9-11-19(25)12-10-18/h4-13,22H,14H2,1-3H3,(H,26,30)(H,27,31)(H,28,32). The largest absolute Gasteiger partial charge is 0.349 e. The topological polar surface area (TPSA) is 92.2 Å². The summed E-state index contributed by atoms with van der Waals surface area (Å²) in [6.07, 6.45) is -0.0511. The zero-order chi connectivity index (χ0) is 23.3. The van der Waals surface area contributed by atoms with E-state index in [4.69, 9.17) is 11.6 Å². The Balaban J connectivity index is 1.67. The summed E-state index contributed by atoms with van der Waals surface area (Å²) in [5.41, 5.74) is 8.71. The van der Waals surface area contributed by atoms with Crippen LogP contribution in [-0.2, 0) is 9.59 Å². The number of para-hydroxylation sites is 1. The van der Waals surface area contributed by atoms with Crippen molar-refractivity contribution in [3.8, 4) is 5.69 Å². The van der Waals surface area contributed by atoms with Crippen molar-refractivity contribution in [2.45, 2.75) is 33.2 Å². The third kappa shape index (κ3) is 5.56. The van der Waals surface area contributed by atoms with Gasteiger partial charge in [0.25, 0.3) is 5.91 Å². The van der Waals surface area contributed by atoms with Gasteiger partial charge >= 0.3 is 0 Å². The number of hydrogen-bond acceptors (Lipinski definition) is 3. The van der Waals surface area contributed by atoms with Gasteiger partial charge in [-0.1, -0.05) is 41.9 Å². The number of nitrogens with one attached hydrogen (secondary N) is 3. The molecular formula is C24H25ClN4O3. The zero-order valence-corrected chi connectivity index (χ0v) is 18.9. The normalized spacial score (nSPS) is 11.5. The van der Waals surface area contributed by atoms with Crippen LogP contribution in [0.2, 0.25) is 5.02 Å². The molecule has 2 aromatic carbocycles. The molecule has 0 radical (unpaired) electrons. The second kappa shape index (κ2) is 10.2. The maximum Gasteiger partial charge on any atom is 0.271 e. The van der Waals surface area contributed by atoms with E-state index >= 15 is 0 Å². The molecular weight excluding hydrogens is 428 g/mol. The number of carbonyl (C=O) groups is 3. The van der Waals surface area contributed by atoms with Gasteiger partial charge in [0, 0.05) is 29.0 Å². The molecule has 3 amide bonds. The second-order valence-electron chi connectivity index (χ2n) is 7.47. The van der Waals surface area contributed by atoms with Crippen LogP contribution in [0.1, 0.15) is 46.7 Å². The number of hydrazine groups is 1. The Kier molecular flexibility index (Phi) is 7.33. The fraction of sp³-hybridized carbons (Fsp3) is 0.208. The molecule has 0 aliphatic rings. The SMILES string of the molecule is CC(=O)NC(CC(=O)NNC(=O)c1cc(C)n(-c2ccccc2)c1C)c1ccc(Cl)cc1. The van der Waals surface area contributed by atoms with Gasteiger partial charge in [-0.25, -0.2) is 0 Å². The molecule has 3 aromatic rings. The first-order valence-electron chi connectivity index (χ1n) is 10.1. The molecule has 32 heavy (non-hydrogen) atoms. The van der Waals surface area contributed by atoms with E-state index in [1.165, 1.54) is 6.92 Å². The van der Waals surface area contributed by atoms with Crippen molar-refractivity contribution in [2.75, 3.05) is 0 Å². The van der Waals surface area contributed by atoms with Crippen LogP contribution in [0, 0.1) is 13.8 Å². The van der Waals surface area contributed by atoms with Crippen molar-refractivity contribution in [3.05, 3.63) is 88.2 Å². The summed E-state index contributed by atoms with van der Waals surface area (Å²) < 4.78 is 1.98. The molecule has 0 aliphatic carbocycles. The Morgan fingerprint density at radius 3 is 2.25 bits per heavy atom. The van der Waals surface area contributed by atoms with Crippen LogP contribution < -0.4 is 16.2 Å². The summed E-state index contributed by atoms with van der Waals surface area (Å²) in [6, 6.07) is 17.8. The van der Waals surface area contributed by atoms with E-state index in [1.807, 2.05) is 48.7 Å². The molecule has 3 N–H and O–H groups in total. The van der Waals surface area contributed by atoms with Gasteiger partial charge in [0.1, 0.15) is 0 Å². The van der Waals surface area contributed by atoms with Crippen LogP contribution in [0.4, 0.5) is 0 Å². The molecule has 1 aromatic heterocycles. The van der Waals surface area contributed by atoms with E-state index in [0.717, 1.165) is 22.6 Å². The Morgan fingerprint density at radius 2 is 1.62 bits per heavy atom. The number of amides is 3. The highest BCUT2D eigenvalue weighted by atomic mass is 35.5. The van der Waals surface area contributed by atoms with Gasteiger partial charge in [-0.15, -0.1) is 0 Å². The summed E-state index contributed by atoms with van der Waals surface area (Å²) >= 11 is 5.92. The highest BCUT2D eigenvalue weighted by molar-refractivity contribution is 6.30. The van der Waals surface area contributed by atoms with E-state index in [1.54, 1.807) is 30.3 Å². The van der Waals surface area contributed by atoms with Crippen molar-refractivity contribution >= 4 is 29.3 Å². The van der Waals surface area contributed by atoms with Crippen LogP contribution in [-0.4, -0.2) is 22.3 Å². The molecule has 1 unspecified atom stereocenters. The van der Waals surface area contributed by atoms with Gasteiger partial charge < -0.3 is 9.88 Å². The van der Waals surface area contributed by atoms with Crippen LogP contribution in [0.25, 0.3) is 5.69 Å². The van der Waals surface area contributed by atoms with E-state index in [0.29, 0.717) is 10.6 Å². The fourth-order valence-corrected chi connectivity index (χ4v) is 3.72. The van der Waals surface area contributed by atoms with Crippen LogP contribution in [0.5, 0.6) is 0 Å². The lowest BCUT2D eigenvalue weighted by molar-refractivity contribution is -0.123. The Bertz CT molecular complexity index is 1120. The number of aryl methyl sites for hydroxylation is 1. The number of hydrogen-bond donors (Lipinski definition) is 3. The van der Waals surface area contributed by atoms with Crippen molar-refractivity contribution in [2.24, 2.45) is 0 Å². The molecule has 1 atom stereocenters. The number of aromatic nitrogens is 1. The van der Waals surface area contributed by atoms with E-state index in [9.17, 15) is 14.4 Å². The third-order valence-electron chi connectivity index (χ3n) is 5.04. The zero-order valence-electron chi connectivity index (χ0n) is 18.1. The van der Waals surface area contributed by atoms with Gasteiger partial charge in [-0.3, -0.25) is 25.2 Å². The lowest BCUT2D eigenvalue weighted by Gasteiger charge is -2.18. The summed E-state index contributed by atoms with van der Waals surface area (Å²) in [5, 5.41) is 3.30. The first kappa shape index (κ1) is 23.1. The minimum absolute atomic E-state index is 0.0511. The average Bonchev–Trinajstić information content (AvgIpc) is 3.06. The molecule has 0 saturated heterocycles.